The molecule has 1 spiro atoms. The van der Waals surface area contributed by atoms with Gasteiger partial charge in [-0.25, -0.2) is 0 Å². The number of ether oxygens (including phenoxy) is 1. The summed E-state index contributed by atoms with van der Waals surface area (Å²) >= 11 is 0. The van der Waals surface area contributed by atoms with E-state index in [2.05, 4.69) is 24.1 Å². The molecule has 1 aliphatic carbocycles. The molecule has 1 amide bonds. The van der Waals surface area contributed by atoms with Crippen LogP contribution in [0.3, 0.4) is 0 Å². The molecule has 1 fully saturated rings. The predicted molar refractivity (Wildman–Crippen MR) is 75.8 cm³/mol. The Kier molecular flexibility index (Phi) is 2.69. The molecule has 1 saturated carbocycles. The zero-order valence-corrected chi connectivity index (χ0v) is 11.7. The molecule has 1 aromatic rings. The number of hydrogen-bond acceptors (Lipinski definition) is 3. The monoisotopic (exact) mass is 260 g/mol. The van der Waals surface area contributed by atoms with Gasteiger partial charge in [-0.15, -0.1) is 0 Å². The van der Waals surface area contributed by atoms with Crippen LogP contribution in [0.15, 0.2) is 18.2 Å². The van der Waals surface area contributed by atoms with Gasteiger partial charge in [0.25, 0.3) is 0 Å². The van der Waals surface area contributed by atoms with Crippen molar-refractivity contribution in [2.75, 3.05) is 17.3 Å². The number of carbonyl (C=O) groups excluding carboxylic acids is 1. The summed E-state index contributed by atoms with van der Waals surface area (Å²) in [5, 5.41) is 3.05. The molecule has 1 heterocycles. The number of benzene rings is 1. The number of amides is 1. The lowest BCUT2D eigenvalue weighted by Crippen LogP contribution is -2.65. The highest BCUT2D eigenvalue weighted by Gasteiger charge is 2.53. The second-order valence-electron chi connectivity index (χ2n) is 5.66. The van der Waals surface area contributed by atoms with E-state index in [4.69, 9.17) is 4.74 Å². The molecule has 0 unspecified atom stereocenters. The molecule has 3 rings (SSSR count). The highest BCUT2D eigenvalue weighted by molar-refractivity contribution is 6.08. The van der Waals surface area contributed by atoms with Gasteiger partial charge in [0.2, 0.25) is 5.91 Å². The number of anilines is 2. The summed E-state index contributed by atoms with van der Waals surface area (Å²) in [5.41, 5.74) is 1.52. The van der Waals surface area contributed by atoms with Gasteiger partial charge in [0, 0.05) is 6.04 Å². The van der Waals surface area contributed by atoms with Crippen molar-refractivity contribution in [1.29, 1.82) is 0 Å². The second kappa shape index (κ2) is 4.15. The fourth-order valence-corrected chi connectivity index (χ4v) is 3.33. The number of nitrogens with zero attached hydrogens (tertiary/aromatic N) is 1. The average molecular weight is 260 g/mol. The molecular formula is C15H20N2O2. The fraction of sp³-hybridized carbons (Fsp3) is 0.533. The summed E-state index contributed by atoms with van der Waals surface area (Å²) in [5.74, 6) is 0.964. The maximum absolute atomic E-state index is 12.5. The van der Waals surface area contributed by atoms with Gasteiger partial charge in [-0.2, -0.15) is 0 Å². The molecule has 102 valence electrons. The summed E-state index contributed by atoms with van der Waals surface area (Å²) in [7, 11) is 1.68. The third-order valence-corrected chi connectivity index (χ3v) is 4.29. The molecule has 2 aliphatic rings. The van der Waals surface area contributed by atoms with Gasteiger partial charge >= 0.3 is 0 Å². The first-order chi connectivity index (χ1) is 9.10. The van der Waals surface area contributed by atoms with Crippen LogP contribution < -0.4 is 15.0 Å². The van der Waals surface area contributed by atoms with E-state index in [1.54, 1.807) is 7.11 Å². The minimum absolute atomic E-state index is 0.133. The summed E-state index contributed by atoms with van der Waals surface area (Å²) in [6.07, 6.45) is 2.96. The molecule has 0 atom stereocenters. The first kappa shape index (κ1) is 12.3. The molecule has 19 heavy (non-hydrogen) atoms. The topological polar surface area (TPSA) is 41.6 Å². The zero-order chi connectivity index (χ0) is 13.6. The van der Waals surface area contributed by atoms with Gasteiger partial charge in [0.15, 0.2) is 0 Å². The summed E-state index contributed by atoms with van der Waals surface area (Å²) in [4.78, 5) is 14.7. The van der Waals surface area contributed by atoms with Crippen LogP contribution in [0, 0.1) is 0 Å². The lowest BCUT2D eigenvalue weighted by molar-refractivity contribution is -0.124. The minimum atomic E-state index is -0.365. The van der Waals surface area contributed by atoms with Crippen LogP contribution in [0.2, 0.25) is 0 Å². The molecule has 4 heteroatoms. The second-order valence-corrected chi connectivity index (χ2v) is 5.66. The number of fused-ring (bicyclic) bond motifs is 1. The largest absolute Gasteiger partial charge is 0.495 e. The Labute approximate surface area is 113 Å². The Balaban J connectivity index is 2.19. The summed E-state index contributed by atoms with van der Waals surface area (Å²) < 4.78 is 5.50. The Hall–Kier alpha value is -1.71. The first-order valence-corrected chi connectivity index (χ1v) is 6.88. The van der Waals surface area contributed by atoms with Gasteiger partial charge < -0.3 is 15.0 Å². The summed E-state index contributed by atoms with van der Waals surface area (Å²) in [6.45, 7) is 4.27. The van der Waals surface area contributed by atoms with Crippen LogP contribution >= 0.6 is 0 Å². The average Bonchev–Trinajstić information content (AvgIpc) is 2.33. The van der Waals surface area contributed by atoms with Crippen molar-refractivity contribution in [3.05, 3.63) is 18.2 Å². The number of rotatable bonds is 2. The smallest absolute Gasteiger partial charge is 0.250 e. The van der Waals surface area contributed by atoms with Crippen molar-refractivity contribution in [2.45, 2.75) is 44.7 Å². The van der Waals surface area contributed by atoms with Crippen molar-refractivity contribution in [3.63, 3.8) is 0 Å². The van der Waals surface area contributed by atoms with E-state index in [0.717, 1.165) is 36.4 Å². The van der Waals surface area contributed by atoms with Gasteiger partial charge in [0.05, 0.1) is 12.8 Å². The Morgan fingerprint density at radius 3 is 2.63 bits per heavy atom. The molecule has 1 N–H and O–H groups in total. The lowest BCUT2D eigenvalue weighted by atomic mass is 9.72. The molecule has 0 saturated heterocycles. The van der Waals surface area contributed by atoms with Gasteiger partial charge in [-0.1, -0.05) is 6.07 Å². The van der Waals surface area contributed by atoms with Crippen molar-refractivity contribution >= 4 is 17.3 Å². The van der Waals surface area contributed by atoms with E-state index in [1.165, 1.54) is 0 Å². The van der Waals surface area contributed by atoms with E-state index in [0.29, 0.717) is 0 Å². The maximum atomic E-state index is 12.5. The number of nitrogens with one attached hydrogen (secondary N) is 1. The SMILES string of the molecule is COc1cccc2c1N(C(C)C)C1(CCC1)C(=O)N2. The number of carbonyl (C=O) groups is 1. The van der Waals surface area contributed by atoms with Crippen LogP contribution in [-0.4, -0.2) is 24.6 Å². The predicted octanol–water partition coefficient (Wildman–Crippen LogP) is 2.78. The zero-order valence-electron chi connectivity index (χ0n) is 11.7. The van der Waals surface area contributed by atoms with Crippen molar-refractivity contribution in [2.24, 2.45) is 0 Å². The van der Waals surface area contributed by atoms with Crippen LogP contribution in [0.25, 0.3) is 0 Å². The Morgan fingerprint density at radius 1 is 1.37 bits per heavy atom. The van der Waals surface area contributed by atoms with Gasteiger partial charge in [0.1, 0.15) is 17.0 Å². The molecular weight excluding hydrogens is 240 g/mol. The van der Waals surface area contributed by atoms with Crippen LogP contribution in [0.4, 0.5) is 11.4 Å². The Morgan fingerprint density at radius 2 is 2.11 bits per heavy atom. The maximum Gasteiger partial charge on any atom is 0.250 e. The molecule has 4 nitrogen and oxygen atoms in total. The summed E-state index contributed by atoms with van der Waals surface area (Å²) in [6, 6.07) is 6.07. The molecule has 1 aromatic carbocycles. The van der Waals surface area contributed by atoms with E-state index in [9.17, 15) is 4.79 Å². The normalized spacial score (nSPS) is 20.0. The number of para-hydroxylation sites is 1. The fourth-order valence-electron chi connectivity index (χ4n) is 3.33. The van der Waals surface area contributed by atoms with Crippen LogP contribution in [0.1, 0.15) is 33.1 Å². The number of methoxy groups -OCH3 is 1. The van der Waals surface area contributed by atoms with Gasteiger partial charge in [-0.05, 0) is 45.2 Å². The third-order valence-electron chi connectivity index (χ3n) is 4.29. The van der Waals surface area contributed by atoms with Crippen molar-refractivity contribution in [3.8, 4) is 5.75 Å². The standard InChI is InChI=1S/C15H20N2O2/c1-10(2)17-13-11(6-4-7-12(13)19-3)16-14(18)15(17)8-5-9-15/h4,6-7,10H,5,8-9H2,1-3H3,(H,16,18). The highest BCUT2D eigenvalue weighted by Crippen LogP contribution is 2.51. The van der Waals surface area contributed by atoms with Crippen molar-refractivity contribution in [1.82, 2.24) is 0 Å². The first-order valence-electron chi connectivity index (χ1n) is 6.88. The van der Waals surface area contributed by atoms with Crippen LogP contribution in [-0.2, 0) is 4.79 Å². The quantitative estimate of drug-likeness (QED) is 0.889. The van der Waals surface area contributed by atoms with E-state index >= 15 is 0 Å². The lowest BCUT2D eigenvalue weighted by Gasteiger charge is -2.54. The van der Waals surface area contributed by atoms with E-state index in [1.807, 2.05) is 18.2 Å². The molecule has 0 radical (unpaired) electrons. The molecule has 1 aliphatic heterocycles. The van der Waals surface area contributed by atoms with E-state index < -0.39 is 0 Å². The Bertz CT molecular complexity index is 521. The molecule has 0 bridgehead atoms. The highest BCUT2D eigenvalue weighted by atomic mass is 16.5. The number of hydrogen-bond donors (Lipinski definition) is 1. The third kappa shape index (κ3) is 1.55. The molecule has 0 aromatic heterocycles. The van der Waals surface area contributed by atoms with Gasteiger partial charge in [-0.3, -0.25) is 4.79 Å². The van der Waals surface area contributed by atoms with Crippen LogP contribution in [0.5, 0.6) is 5.75 Å². The minimum Gasteiger partial charge on any atom is -0.495 e. The van der Waals surface area contributed by atoms with Crippen molar-refractivity contribution < 1.29 is 9.53 Å². The van der Waals surface area contributed by atoms with E-state index in [-0.39, 0.29) is 17.5 Å².